The predicted octanol–water partition coefficient (Wildman–Crippen LogP) is 2.67. The molecule has 0 spiro atoms. The van der Waals surface area contributed by atoms with Crippen molar-refractivity contribution < 1.29 is 13.2 Å². The molecule has 2 aromatic rings. The highest BCUT2D eigenvalue weighted by molar-refractivity contribution is 7.91. The Bertz CT molecular complexity index is 859. The van der Waals surface area contributed by atoms with E-state index >= 15 is 0 Å². The van der Waals surface area contributed by atoms with Gasteiger partial charge < -0.3 is 5.32 Å². The summed E-state index contributed by atoms with van der Waals surface area (Å²) in [6.45, 7) is 3.49. The van der Waals surface area contributed by atoms with Crippen LogP contribution in [0.25, 0.3) is 0 Å². The minimum Gasteiger partial charge on any atom is -0.351 e. The van der Waals surface area contributed by atoms with Crippen molar-refractivity contribution in [2.75, 3.05) is 26.7 Å². The van der Waals surface area contributed by atoms with Crippen molar-refractivity contribution in [3.63, 3.8) is 0 Å². The molecule has 3 rings (SSSR count). The maximum absolute atomic E-state index is 12.4. The van der Waals surface area contributed by atoms with Gasteiger partial charge in [-0.05, 0) is 48.5 Å². The van der Waals surface area contributed by atoms with Gasteiger partial charge in [0.1, 0.15) is 4.21 Å². The SMILES string of the molecule is CN(CC(=O)NCc1ccc(CN2CCCCC2)cc1)S(=O)(=O)c1cccs1. The van der Waals surface area contributed by atoms with Gasteiger partial charge in [-0.15, -0.1) is 11.3 Å². The smallest absolute Gasteiger partial charge is 0.252 e. The number of rotatable bonds is 8. The van der Waals surface area contributed by atoms with Gasteiger partial charge in [0.25, 0.3) is 10.0 Å². The standard InChI is InChI=1S/C20H27N3O3S2/c1-22(28(25,26)20-6-5-13-27-20)16-19(24)21-14-17-7-9-18(10-8-17)15-23-11-3-2-4-12-23/h5-10,13H,2-4,11-12,14-16H2,1H3,(H,21,24). The van der Waals surface area contributed by atoms with Crippen molar-refractivity contribution in [2.45, 2.75) is 36.6 Å². The molecule has 1 fully saturated rings. The van der Waals surface area contributed by atoms with Gasteiger partial charge in [0.2, 0.25) is 5.91 Å². The molecule has 8 heteroatoms. The summed E-state index contributed by atoms with van der Waals surface area (Å²) in [5, 5.41) is 4.50. The molecule has 1 aliphatic heterocycles. The number of nitrogens with one attached hydrogen (secondary N) is 1. The third kappa shape index (κ3) is 5.64. The molecule has 1 aromatic heterocycles. The summed E-state index contributed by atoms with van der Waals surface area (Å²) in [6.07, 6.45) is 3.89. The van der Waals surface area contributed by atoms with E-state index in [9.17, 15) is 13.2 Å². The second-order valence-corrected chi connectivity index (χ2v) is 10.3. The number of likely N-dealkylation sites (tertiary alicyclic amines) is 1. The summed E-state index contributed by atoms with van der Waals surface area (Å²) in [5.74, 6) is -0.319. The quantitative estimate of drug-likeness (QED) is 0.711. The lowest BCUT2D eigenvalue weighted by atomic mass is 10.1. The van der Waals surface area contributed by atoms with Crippen molar-refractivity contribution in [2.24, 2.45) is 0 Å². The molecule has 0 atom stereocenters. The van der Waals surface area contributed by atoms with Gasteiger partial charge in [-0.3, -0.25) is 9.69 Å². The Morgan fingerprint density at radius 2 is 1.79 bits per heavy atom. The molecule has 0 aliphatic carbocycles. The van der Waals surface area contributed by atoms with Gasteiger partial charge in [-0.1, -0.05) is 36.8 Å². The molecule has 0 saturated carbocycles. The Kier molecular flexibility index (Phi) is 7.23. The fourth-order valence-electron chi connectivity index (χ4n) is 3.25. The van der Waals surface area contributed by atoms with Crippen molar-refractivity contribution in [3.05, 3.63) is 52.9 Å². The van der Waals surface area contributed by atoms with E-state index in [1.807, 2.05) is 12.1 Å². The first-order valence-corrected chi connectivity index (χ1v) is 11.8. The number of piperidine rings is 1. The molecule has 152 valence electrons. The van der Waals surface area contributed by atoms with E-state index in [-0.39, 0.29) is 16.7 Å². The van der Waals surface area contributed by atoms with E-state index in [1.54, 1.807) is 17.5 Å². The Morgan fingerprint density at radius 1 is 1.11 bits per heavy atom. The number of thiophene rings is 1. The molecule has 28 heavy (non-hydrogen) atoms. The van der Waals surface area contributed by atoms with E-state index in [4.69, 9.17) is 0 Å². The Hall–Kier alpha value is -1.74. The lowest BCUT2D eigenvalue weighted by Gasteiger charge is -2.26. The molecule has 1 aromatic carbocycles. The van der Waals surface area contributed by atoms with Crippen LogP contribution in [0.4, 0.5) is 0 Å². The molecular weight excluding hydrogens is 394 g/mol. The lowest BCUT2D eigenvalue weighted by molar-refractivity contribution is -0.121. The number of carbonyl (C=O) groups excluding carboxylic acids is 1. The number of carbonyl (C=O) groups is 1. The first kappa shape index (κ1) is 21.0. The van der Waals surface area contributed by atoms with Crippen LogP contribution >= 0.6 is 11.3 Å². The molecular formula is C20H27N3O3S2. The zero-order chi connectivity index (χ0) is 20.0. The highest BCUT2D eigenvalue weighted by atomic mass is 32.2. The molecule has 0 radical (unpaired) electrons. The molecule has 6 nitrogen and oxygen atoms in total. The van der Waals surface area contributed by atoms with Gasteiger partial charge in [0, 0.05) is 20.1 Å². The Balaban J connectivity index is 1.46. The zero-order valence-electron chi connectivity index (χ0n) is 16.1. The van der Waals surface area contributed by atoms with E-state index in [1.165, 1.54) is 45.0 Å². The van der Waals surface area contributed by atoms with Crippen molar-refractivity contribution in [3.8, 4) is 0 Å². The van der Waals surface area contributed by atoms with Gasteiger partial charge in [-0.2, -0.15) is 4.31 Å². The first-order chi connectivity index (χ1) is 13.4. The Morgan fingerprint density at radius 3 is 2.43 bits per heavy atom. The normalized spacial score (nSPS) is 15.6. The number of benzene rings is 1. The summed E-state index contributed by atoms with van der Waals surface area (Å²) in [5.41, 5.74) is 2.28. The van der Waals surface area contributed by atoms with Crippen LogP contribution in [-0.2, 0) is 27.9 Å². The summed E-state index contributed by atoms with van der Waals surface area (Å²) in [6, 6.07) is 11.5. The highest BCUT2D eigenvalue weighted by Gasteiger charge is 2.23. The van der Waals surface area contributed by atoms with Crippen molar-refractivity contribution in [1.82, 2.24) is 14.5 Å². The maximum Gasteiger partial charge on any atom is 0.252 e. The van der Waals surface area contributed by atoms with Crippen LogP contribution in [0.15, 0.2) is 46.0 Å². The molecule has 1 saturated heterocycles. The van der Waals surface area contributed by atoms with Crippen LogP contribution < -0.4 is 5.32 Å². The van der Waals surface area contributed by atoms with Gasteiger partial charge in [0.15, 0.2) is 0 Å². The Labute approximate surface area is 171 Å². The molecule has 0 unspecified atom stereocenters. The lowest BCUT2D eigenvalue weighted by Crippen LogP contribution is -2.37. The molecule has 0 bridgehead atoms. The van der Waals surface area contributed by atoms with Crippen LogP contribution in [0.2, 0.25) is 0 Å². The number of amides is 1. The van der Waals surface area contributed by atoms with Crippen molar-refractivity contribution >= 4 is 27.3 Å². The van der Waals surface area contributed by atoms with Crippen LogP contribution in [0.3, 0.4) is 0 Å². The molecule has 1 N–H and O–H groups in total. The van der Waals surface area contributed by atoms with Crippen LogP contribution in [0.1, 0.15) is 30.4 Å². The topological polar surface area (TPSA) is 69.7 Å². The monoisotopic (exact) mass is 421 g/mol. The predicted molar refractivity (Wildman–Crippen MR) is 112 cm³/mol. The van der Waals surface area contributed by atoms with Gasteiger partial charge in [0.05, 0.1) is 6.54 Å². The summed E-state index contributed by atoms with van der Waals surface area (Å²) in [7, 11) is -2.19. The molecule has 1 amide bonds. The molecule has 2 heterocycles. The average molecular weight is 422 g/mol. The van der Waals surface area contributed by atoms with Crippen LogP contribution in [-0.4, -0.2) is 50.2 Å². The van der Waals surface area contributed by atoms with Crippen molar-refractivity contribution in [1.29, 1.82) is 0 Å². The average Bonchev–Trinajstić information content (AvgIpc) is 3.24. The first-order valence-electron chi connectivity index (χ1n) is 9.52. The fraction of sp³-hybridized carbons (Fsp3) is 0.450. The highest BCUT2D eigenvalue weighted by Crippen LogP contribution is 2.19. The second-order valence-electron chi connectivity index (χ2n) is 7.12. The van der Waals surface area contributed by atoms with Crippen LogP contribution in [0.5, 0.6) is 0 Å². The van der Waals surface area contributed by atoms with Crippen LogP contribution in [0, 0.1) is 0 Å². The summed E-state index contributed by atoms with van der Waals surface area (Å²) < 4.78 is 26.0. The third-order valence-electron chi connectivity index (χ3n) is 4.89. The second kappa shape index (κ2) is 9.65. The number of hydrogen-bond donors (Lipinski definition) is 1. The third-order valence-corrected chi connectivity index (χ3v) is 8.07. The van der Waals surface area contributed by atoms with Gasteiger partial charge in [-0.25, -0.2) is 8.42 Å². The number of nitrogens with zero attached hydrogens (tertiary/aromatic N) is 2. The minimum atomic E-state index is -3.61. The van der Waals surface area contributed by atoms with E-state index in [0.29, 0.717) is 6.54 Å². The largest absolute Gasteiger partial charge is 0.351 e. The number of sulfonamides is 1. The summed E-state index contributed by atoms with van der Waals surface area (Å²) >= 11 is 1.14. The fourth-order valence-corrected chi connectivity index (χ4v) is 5.57. The van der Waals surface area contributed by atoms with E-state index in [2.05, 4.69) is 22.3 Å². The van der Waals surface area contributed by atoms with Gasteiger partial charge >= 0.3 is 0 Å². The van der Waals surface area contributed by atoms with E-state index in [0.717, 1.165) is 27.8 Å². The van der Waals surface area contributed by atoms with E-state index < -0.39 is 10.0 Å². The summed E-state index contributed by atoms with van der Waals surface area (Å²) in [4.78, 5) is 14.6. The molecule has 1 aliphatic rings. The number of hydrogen-bond acceptors (Lipinski definition) is 5. The minimum absolute atomic E-state index is 0.201. The maximum atomic E-state index is 12.4. The number of likely N-dealkylation sites (N-methyl/N-ethyl adjacent to an activating group) is 1. The zero-order valence-corrected chi connectivity index (χ0v) is 17.8.